The number of nitrogens with one attached hydrogen (secondary N) is 1. The third kappa shape index (κ3) is 4.66. The first-order chi connectivity index (χ1) is 17.1. The number of ether oxygens (including phenoxy) is 1. The molecule has 0 aliphatic carbocycles. The number of imidazole rings is 1. The molecule has 5 aromatic rings. The summed E-state index contributed by atoms with van der Waals surface area (Å²) in [4.78, 5) is 13.6. The van der Waals surface area contributed by atoms with E-state index < -0.39 is 6.30 Å². The highest BCUT2D eigenvalue weighted by Gasteiger charge is 2.18. The molecular formula is C27H21FN6O. The van der Waals surface area contributed by atoms with Crippen LogP contribution >= 0.6 is 0 Å². The van der Waals surface area contributed by atoms with Gasteiger partial charge in [0.15, 0.2) is 11.9 Å². The van der Waals surface area contributed by atoms with Gasteiger partial charge in [0.25, 0.3) is 0 Å². The predicted octanol–water partition coefficient (Wildman–Crippen LogP) is 5.31. The molecule has 35 heavy (non-hydrogen) atoms. The van der Waals surface area contributed by atoms with Crippen molar-refractivity contribution in [3.63, 3.8) is 0 Å². The summed E-state index contributed by atoms with van der Waals surface area (Å²) in [5.41, 5.74) is 3.92. The van der Waals surface area contributed by atoms with E-state index in [0.29, 0.717) is 28.3 Å². The van der Waals surface area contributed by atoms with Crippen LogP contribution in [0.4, 0.5) is 10.3 Å². The van der Waals surface area contributed by atoms with Crippen molar-refractivity contribution >= 4 is 17.1 Å². The number of hydrogen-bond donors (Lipinski definition) is 1. The number of anilines is 1. The molecule has 0 aliphatic heterocycles. The fourth-order valence-corrected chi connectivity index (χ4v) is 3.87. The first-order valence-electron chi connectivity index (χ1n) is 11.0. The molecule has 5 rings (SSSR count). The minimum Gasteiger partial charge on any atom is -0.497 e. The number of benzene rings is 3. The molecule has 0 aliphatic rings. The van der Waals surface area contributed by atoms with Gasteiger partial charge in [0.1, 0.15) is 17.1 Å². The van der Waals surface area contributed by atoms with E-state index in [1.807, 2.05) is 65.2 Å². The Morgan fingerprint density at radius 1 is 1.03 bits per heavy atom. The molecule has 0 amide bonds. The van der Waals surface area contributed by atoms with E-state index in [1.54, 1.807) is 31.5 Å². The number of nitriles is 1. The van der Waals surface area contributed by atoms with E-state index in [2.05, 4.69) is 21.4 Å². The zero-order valence-corrected chi connectivity index (χ0v) is 18.9. The smallest absolute Gasteiger partial charge is 0.227 e. The van der Waals surface area contributed by atoms with Crippen LogP contribution in [0.2, 0.25) is 0 Å². The lowest BCUT2D eigenvalue weighted by Crippen LogP contribution is -2.18. The summed E-state index contributed by atoms with van der Waals surface area (Å²) in [6, 6.07) is 26.2. The maximum absolute atomic E-state index is 14.8. The topological polar surface area (TPSA) is 88.7 Å². The van der Waals surface area contributed by atoms with Crippen molar-refractivity contribution in [2.75, 3.05) is 12.4 Å². The van der Waals surface area contributed by atoms with Gasteiger partial charge < -0.3 is 10.1 Å². The predicted molar refractivity (Wildman–Crippen MR) is 132 cm³/mol. The van der Waals surface area contributed by atoms with E-state index >= 15 is 0 Å². The number of hydrogen-bond acceptors (Lipinski definition) is 6. The van der Waals surface area contributed by atoms with Gasteiger partial charge in [0, 0.05) is 18.1 Å². The average molecular weight is 465 g/mol. The lowest BCUT2D eigenvalue weighted by molar-refractivity contribution is 0.369. The van der Waals surface area contributed by atoms with Gasteiger partial charge in [-0.1, -0.05) is 48.5 Å². The van der Waals surface area contributed by atoms with Crippen molar-refractivity contribution in [3.8, 4) is 28.9 Å². The summed E-state index contributed by atoms with van der Waals surface area (Å²) in [7, 11) is 1.60. The molecule has 3 aromatic carbocycles. The maximum Gasteiger partial charge on any atom is 0.227 e. The first-order valence-corrected chi connectivity index (χ1v) is 11.0. The molecule has 1 unspecified atom stereocenters. The van der Waals surface area contributed by atoms with Crippen molar-refractivity contribution in [2.45, 2.75) is 12.7 Å². The lowest BCUT2D eigenvalue weighted by Gasteiger charge is -2.12. The van der Waals surface area contributed by atoms with Gasteiger partial charge in [-0.05, 0) is 29.8 Å². The Labute approximate surface area is 201 Å². The lowest BCUT2D eigenvalue weighted by atomic mass is 10.1. The summed E-state index contributed by atoms with van der Waals surface area (Å²) in [6.45, 7) is 0. The van der Waals surface area contributed by atoms with Gasteiger partial charge in [0.05, 0.1) is 30.6 Å². The zero-order chi connectivity index (χ0) is 24.2. The van der Waals surface area contributed by atoms with Crippen LogP contribution in [0.25, 0.3) is 28.2 Å². The van der Waals surface area contributed by atoms with Crippen LogP contribution in [0, 0.1) is 11.3 Å². The van der Waals surface area contributed by atoms with Gasteiger partial charge in [0.2, 0.25) is 5.95 Å². The van der Waals surface area contributed by atoms with Gasteiger partial charge in [-0.25, -0.2) is 14.4 Å². The minimum atomic E-state index is -1.37. The van der Waals surface area contributed by atoms with Crippen molar-refractivity contribution < 1.29 is 9.13 Å². The molecule has 7 nitrogen and oxygen atoms in total. The Bertz CT molecular complexity index is 1530. The fraction of sp³-hybridized carbons (Fsp3) is 0.111. The van der Waals surface area contributed by atoms with Crippen molar-refractivity contribution in [3.05, 3.63) is 96.2 Å². The van der Waals surface area contributed by atoms with E-state index in [4.69, 9.17) is 9.72 Å². The third-order valence-electron chi connectivity index (χ3n) is 5.50. The van der Waals surface area contributed by atoms with Gasteiger partial charge in [-0.15, -0.1) is 0 Å². The normalized spacial score (nSPS) is 11.7. The number of nitrogens with zero attached hydrogens (tertiary/aromatic N) is 5. The van der Waals surface area contributed by atoms with Crippen LogP contribution < -0.4 is 10.1 Å². The highest BCUT2D eigenvalue weighted by molar-refractivity contribution is 5.80. The molecule has 2 heterocycles. The Morgan fingerprint density at radius 2 is 1.86 bits per heavy atom. The standard InChI is InChI=1S/C27H21FN6O/c1-35-22-12-6-11-21(15-22)34-25(20-10-5-9-19(13-20)16-29)31-23-17-30-27(33-26(23)34)32-24(28)14-18-7-3-2-4-8-18/h2-13,15,17,24H,14H2,1H3,(H,30,32,33). The second kappa shape index (κ2) is 9.61. The highest BCUT2D eigenvalue weighted by atomic mass is 19.1. The molecule has 0 spiro atoms. The average Bonchev–Trinajstić information content (AvgIpc) is 3.28. The molecular weight excluding hydrogens is 443 g/mol. The van der Waals surface area contributed by atoms with Gasteiger partial charge in [-0.2, -0.15) is 10.2 Å². The number of aromatic nitrogens is 4. The molecule has 1 N–H and O–H groups in total. The molecule has 172 valence electrons. The first kappa shape index (κ1) is 22.0. The molecule has 0 fully saturated rings. The van der Waals surface area contributed by atoms with E-state index in [1.165, 1.54) is 0 Å². The Morgan fingerprint density at radius 3 is 2.66 bits per heavy atom. The number of methoxy groups -OCH3 is 1. The van der Waals surface area contributed by atoms with E-state index in [-0.39, 0.29) is 12.4 Å². The summed E-state index contributed by atoms with van der Waals surface area (Å²) >= 11 is 0. The van der Waals surface area contributed by atoms with Crippen LogP contribution in [0.5, 0.6) is 5.75 Å². The fourth-order valence-electron chi connectivity index (χ4n) is 3.87. The van der Waals surface area contributed by atoms with Crippen LogP contribution in [0.3, 0.4) is 0 Å². The molecule has 0 saturated carbocycles. The second-order valence-corrected chi connectivity index (χ2v) is 7.87. The number of halogens is 1. The Kier molecular flexibility index (Phi) is 6.05. The van der Waals surface area contributed by atoms with Crippen LogP contribution in [-0.2, 0) is 6.42 Å². The number of fused-ring (bicyclic) bond motifs is 1. The monoisotopic (exact) mass is 464 g/mol. The highest BCUT2D eigenvalue weighted by Crippen LogP contribution is 2.30. The van der Waals surface area contributed by atoms with E-state index in [0.717, 1.165) is 16.8 Å². The maximum atomic E-state index is 14.8. The van der Waals surface area contributed by atoms with Crippen LogP contribution in [0.1, 0.15) is 11.1 Å². The van der Waals surface area contributed by atoms with Gasteiger partial charge in [-0.3, -0.25) is 4.57 Å². The molecule has 0 saturated heterocycles. The Balaban J connectivity index is 1.60. The van der Waals surface area contributed by atoms with E-state index in [9.17, 15) is 9.65 Å². The van der Waals surface area contributed by atoms with Crippen molar-refractivity contribution in [1.29, 1.82) is 5.26 Å². The minimum absolute atomic E-state index is 0.155. The third-order valence-corrected chi connectivity index (χ3v) is 5.50. The number of rotatable bonds is 7. The van der Waals surface area contributed by atoms with Crippen LogP contribution in [-0.4, -0.2) is 32.9 Å². The summed E-state index contributed by atoms with van der Waals surface area (Å²) < 4.78 is 22.1. The summed E-state index contributed by atoms with van der Waals surface area (Å²) in [5.74, 6) is 1.40. The molecule has 0 radical (unpaired) electrons. The van der Waals surface area contributed by atoms with Crippen LogP contribution in [0.15, 0.2) is 85.1 Å². The molecule has 1 atom stereocenters. The largest absolute Gasteiger partial charge is 0.497 e. The SMILES string of the molecule is COc1cccc(-n2c(-c3cccc(C#N)c3)nc3cnc(NC(F)Cc4ccccc4)nc32)c1. The number of alkyl halides is 1. The molecule has 2 aromatic heterocycles. The second-order valence-electron chi connectivity index (χ2n) is 7.87. The zero-order valence-electron chi connectivity index (χ0n) is 18.9. The van der Waals surface area contributed by atoms with Crippen molar-refractivity contribution in [2.24, 2.45) is 0 Å². The van der Waals surface area contributed by atoms with Gasteiger partial charge >= 0.3 is 0 Å². The molecule has 8 heteroatoms. The van der Waals surface area contributed by atoms with Crippen molar-refractivity contribution in [1.82, 2.24) is 19.5 Å². The summed E-state index contributed by atoms with van der Waals surface area (Å²) in [5, 5.41) is 12.1. The molecule has 0 bridgehead atoms. The quantitative estimate of drug-likeness (QED) is 0.328. The Hall–Kier alpha value is -4.77. The summed E-state index contributed by atoms with van der Waals surface area (Å²) in [6.07, 6.45) is 0.382.